The van der Waals surface area contributed by atoms with E-state index in [0.29, 0.717) is 25.2 Å². The van der Waals surface area contributed by atoms with Gasteiger partial charge in [0.25, 0.3) is 5.91 Å². The van der Waals surface area contributed by atoms with Gasteiger partial charge in [-0.05, 0) is 51.7 Å². The van der Waals surface area contributed by atoms with Crippen molar-refractivity contribution >= 4 is 17.6 Å². The Bertz CT molecular complexity index is 748. The van der Waals surface area contributed by atoms with Crippen LogP contribution < -0.4 is 20.3 Å². The Morgan fingerprint density at radius 2 is 2.14 bits per heavy atom. The molecule has 0 aromatic heterocycles. The molecule has 1 aromatic carbocycles. The summed E-state index contributed by atoms with van der Waals surface area (Å²) in [4.78, 5) is 21.5. The second kappa shape index (κ2) is 9.03. The molecule has 0 radical (unpaired) electrons. The van der Waals surface area contributed by atoms with E-state index in [9.17, 15) is 4.79 Å². The normalized spacial score (nSPS) is 25.0. The van der Waals surface area contributed by atoms with Crippen LogP contribution in [-0.2, 0) is 4.79 Å². The number of benzene rings is 1. The number of anilines is 1. The van der Waals surface area contributed by atoms with Crippen LogP contribution in [0.2, 0.25) is 0 Å². The summed E-state index contributed by atoms with van der Waals surface area (Å²) in [6, 6.07) is 9.63. The maximum absolute atomic E-state index is 12.3. The number of nitrogens with one attached hydrogen (secondary N) is 2. The van der Waals surface area contributed by atoms with E-state index in [0.717, 1.165) is 42.9 Å². The second-order valence-corrected chi connectivity index (χ2v) is 8.27. The van der Waals surface area contributed by atoms with Gasteiger partial charge in [0.05, 0.1) is 5.69 Å². The lowest BCUT2D eigenvalue weighted by atomic mass is 10.2. The topological polar surface area (TPSA) is 69.2 Å². The molecular weight excluding hydrogens is 366 g/mol. The van der Waals surface area contributed by atoms with Gasteiger partial charge in [0.1, 0.15) is 5.75 Å². The smallest absolute Gasteiger partial charge is 0.265 e. The Morgan fingerprint density at radius 1 is 1.31 bits per heavy atom. The first-order valence-corrected chi connectivity index (χ1v) is 11.0. The Labute approximate surface area is 173 Å². The van der Waals surface area contributed by atoms with Crippen molar-refractivity contribution in [3.8, 4) is 5.75 Å². The standard InChI is InChI=1S/C22H33N5O2/c1-3-23-22(25-17-13-16(2)27(14-17)18-9-10-18)24-11-6-12-26-19-7-4-5-8-20(19)29-15-21(26)28/h4-5,7-8,16-18H,3,6,9-15H2,1-2H3,(H2,23,24,25). The van der Waals surface area contributed by atoms with Gasteiger partial charge >= 0.3 is 0 Å². The van der Waals surface area contributed by atoms with Crippen LogP contribution in [0.25, 0.3) is 0 Å². The minimum Gasteiger partial charge on any atom is -0.482 e. The summed E-state index contributed by atoms with van der Waals surface area (Å²) < 4.78 is 5.51. The number of amides is 1. The molecule has 4 rings (SSSR count). The van der Waals surface area contributed by atoms with Crippen molar-refractivity contribution in [1.82, 2.24) is 15.5 Å². The van der Waals surface area contributed by atoms with Crippen molar-refractivity contribution in [2.24, 2.45) is 4.99 Å². The van der Waals surface area contributed by atoms with Crippen molar-refractivity contribution in [3.63, 3.8) is 0 Å². The maximum Gasteiger partial charge on any atom is 0.265 e. The van der Waals surface area contributed by atoms with Crippen molar-refractivity contribution in [1.29, 1.82) is 0 Å². The summed E-state index contributed by atoms with van der Waals surface area (Å²) in [6.07, 6.45) is 4.69. The second-order valence-electron chi connectivity index (χ2n) is 8.27. The number of fused-ring (bicyclic) bond motifs is 1. The predicted octanol–water partition coefficient (Wildman–Crippen LogP) is 1.98. The first-order chi connectivity index (χ1) is 14.2. The van der Waals surface area contributed by atoms with Gasteiger partial charge in [0, 0.05) is 44.3 Å². The van der Waals surface area contributed by atoms with Crippen LogP contribution in [0.15, 0.2) is 29.3 Å². The number of hydrogen-bond donors (Lipinski definition) is 2. The average molecular weight is 400 g/mol. The molecule has 158 valence electrons. The summed E-state index contributed by atoms with van der Waals surface area (Å²) >= 11 is 0. The van der Waals surface area contributed by atoms with E-state index in [1.807, 2.05) is 29.2 Å². The van der Waals surface area contributed by atoms with Crippen molar-refractivity contribution in [2.45, 2.75) is 57.7 Å². The third kappa shape index (κ3) is 4.83. The molecule has 29 heavy (non-hydrogen) atoms. The summed E-state index contributed by atoms with van der Waals surface area (Å²) in [7, 11) is 0. The number of rotatable bonds is 7. The van der Waals surface area contributed by atoms with Crippen LogP contribution in [0.4, 0.5) is 5.69 Å². The molecule has 0 bridgehead atoms. The van der Waals surface area contributed by atoms with Crippen LogP contribution in [0, 0.1) is 0 Å². The van der Waals surface area contributed by atoms with Gasteiger partial charge in [0.2, 0.25) is 0 Å². The Hall–Kier alpha value is -2.28. The lowest BCUT2D eigenvalue weighted by Gasteiger charge is -2.29. The minimum absolute atomic E-state index is 0.0119. The lowest BCUT2D eigenvalue weighted by Crippen LogP contribution is -2.45. The molecule has 1 aromatic rings. The zero-order valence-electron chi connectivity index (χ0n) is 17.6. The molecule has 3 aliphatic rings. The van der Waals surface area contributed by atoms with Gasteiger partial charge in [-0.25, -0.2) is 0 Å². The van der Waals surface area contributed by atoms with Crippen LogP contribution >= 0.6 is 0 Å². The number of ether oxygens (including phenoxy) is 1. The highest BCUT2D eigenvalue weighted by Gasteiger charge is 2.38. The van der Waals surface area contributed by atoms with Crippen molar-refractivity contribution in [2.75, 3.05) is 37.7 Å². The molecule has 2 heterocycles. The largest absolute Gasteiger partial charge is 0.482 e. The number of nitrogens with zero attached hydrogens (tertiary/aromatic N) is 3. The summed E-state index contributed by atoms with van der Waals surface area (Å²) in [6.45, 7) is 7.82. The number of guanidine groups is 1. The molecule has 1 saturated heterocycles. The number of para-hydroxylation sites is 2. The maximum atomic E-state index is 12.3. The number of hydrogen-bond acceptors (Lipinski definition) is 4. The van der Waals surface area contributed by atoms with Gasteiger partial charge in [-0.15, -0.1) is 0 Å². The van der Waals surface area contributed by atoms with Crippen molar-refractivity contribution in [3.05, 3.63) is 24.3 Å². The molecule has 2 fully saturated rings. The number of carbonyl (C=O) groups excluding carboxylic acids is 1. The van der Waals surface area contributed by atoms with Crippen LogP contribution in [-0.4, -0.2) is 67.7 Å². The number of carbonyl (C=O) groups is 1. The summed E-state index contributed by atoms with van der Waals surface area (Å²) in [5.74, 6) is 1.68. The molecule has 2 atom stereocenters. The quantitative estimate of drug-likeness (QED) is 0.417. The molecule has 7 nitrogen and oxygen atoms in total. The molecule has 7 heteroatoms. The van der Waals surface area contributed by atoms with Gasteiger partial charge in [-0.2, -0.15) is 0 Å². The first kappa shape index (κ1) is 20.0. The molecule has 1 amide bonds. The van der Waals surface area contributed by atoms with E-state index in [1.165, 1.54) is 19.3 Å². The molecular formula is C22H33N5O2. The van der Waals surface area contributed by atoms with E-state index >= 15 is 0 Å². The molecule has 1 aliphatic carbocycles. The summed E-state index contributed by atoms with van der Waals surface area (Å²) in [5, 5.41) is 6.99. The molecule has 2 unspecified atom stereocenters. The Morgan fingerprint density at radius 3 is 2.93 bits per heavy atom. The zero-order valence-corrected chi connectivity index (χ0v) is 17.6. The monoisotopic (exact) mass is 399 g/mol. The average Bonchev–Trinajstić information content (AvgIpc) is 3.49. The third-order valence-corrected chi connectivity index (χ3v) is 5.94. The fourth-order valence-electron chi connectivity index (χ4n) is 4.41. The Kier molecular flexibility index (Phi) is 6.23. The van der Waals surface area contributed by atoms with Gasteiger partial charge in [-0.3, -0.25) is 14.7 Å². The SMILES string of the molecule is CCNC(=NCCCN1C(=O)COc2ccccc21)NC1CC(C)N(C2CC2)C1. The molecule has 1 saturated carbocycles. The summed E-state index contributed by atoms with van der Waals surface area (Å²) in [5.41, 5.74) is 0.859. The molecule has 2 aliphatic heterocycles. The van der Waals surface area contributed by atoms with Gasteiger partial charge in [0.15, 0.2) is 12.6 Å². The van der Waals surface area contributed by atoms with Crippen molar-refractivity contribution < 1.29 is 9.53 Å². The van der Waals surface area contributed by atoms with Crippen LogP contribution in [0.5, 0.6) is 5.75 Å². The van der Waals surface area contributed by atoms with E-state index in [4.69, 9.17) is 9.73 Å². The highest BCUT2D eigenvalue weighted by Crippen LogP contribution is 2.33. The third-order valence-electron chi connectivity index (χ3n) is 5.94. The predicted molar refractivity (Wildman–Crippen MR) is 116 cm³/mol. The highest BCUT2D eigenvalue weighted by atomic mass is 16.5. The first-order valence-electron chi connectivity index (χ1n) is 11.0. The zero-order chi connectivity index (χ0) is 20.2. The fraction of sp³-hybridized carbons (Fsp3) is 0.636. The minimum atomic E-state index is 0.0119. The number of likely N-dealkylation sites (tertiary alicyclic amines) is 1. The Balaban J connectivity index is 1.29. The number of aliphatic imine (C=N–C) groups is 1. The molecule has 2 N–H and O–H groups in total. The fourth-order valence-corrected chi connectivity index (χ4v) is 4.41. The van der Waals surface area contributed by atoms with Gasteiger partial charge < -0.3 is 20.3 Å². The lowest BCUT2D eigenvalue weighted by molar-refractivity contribution is -0.121. The van der Waals surface area contributed by atoms with E-state index in [-0.39, 0.29) is 12.5 Å². The molecule has 0 spiro atoms. The van der Waals surface area contributed by atoms with Gasteiger partial charge in [-0.1, -0.05) is 12.1 Å². The van der Waals surface area contributed by atoms with E-state index in [1.54, 1.807) is 0 Å². The van der Waals surface area contributed by atoms with Crippen LogP contribution in [0.3, 0.4) is 0 Å². The van der Waals surface area contributed by atoms with Crippen LogP contribution in [0.1, 0.15) is 39.5 Å². The van der Waals surface area contributed by atoms with E-state index < -0.39 is 0 Å². The highest BCUT2D eigenvalue weighted by molar-refractivity contribution is 5.97. The van der Waals surface area contributed by atoms with E-state index in [2.05, 4.69) is 29.4 Å².